The average Bonchev–Trinajstić information content (AvgIpc) is 3.22. The summed E-state index contributed by atoms with van der Waals surface area (Å²) in [5, 5.41) is 0. The lowest BCUT2D eigenvalue weighted by atomic mass is 10.1. The first-order valence-corrected chi connectivity index (χ1v) is 10.2. The Balaban J connectivity index is 1.42. The number of halogens is 1. The Morgan fingerprint density at radius 1 is 0.857 bits per heavy atom. The molecule has 0 N–H and O–H groups in total. The van der Waals surface area contributed by atoms with E-state index in [1.165, 1.54) is 22.9 Å². The van der Waals surface area contributed by atoms with Gasteiger partial charge in [-0.05, 0) is 56.5 Å². The van der Waals surface area contributed by atoms with Crippen LogP contribution in [-0.4, -0.2) is 50.1 Å². The van der Waals surface area contributed by atoms with E-state index in [9.17, 15) is 9.18 Å². The summed E-state index contributed by atoms with van der Waals surface area (Å²) in [5.41, 5.74) is 4.79. The van der Waals surface area contributed by atoms with Crippen molar-refractivity contribution in [3.63, 3.8) is 0 Å². The van der Waals surface area contributed by atoms with E-state index in [2.05, 4.69) is 41.8 Å². The summed E-state index contributed by atoms with van der Waals surface area (Å²) >= 11 is 0. The fraction of sp³-hybridized carbons (Fsp3) is 0.435. The zero-order valence-electron chi connectivity index (χ0n) is 16.7. The monoisotopic (exact) mass is 381 g/mol. The van der Waals surface area contributed by atoms with Gasteiger partial charge in [0.2, 0.25) is 0 Å². The molecule has 0 radical (unpaired) electrons. The molecule has 2 heterocycles. The van der Waals surface area contributed by atoms with Gasteiger partial charge in [0.15, 0.2) is 0 Å². The molecule has 0 spiro atoms. The van der Waals surface area contributed by atoms with Crippen molar-refractivity contribution in [1.82, 2.24) is 4.90 Å². The first kappa shape index (κ1) is 18.8. The van der Waals surface area contributed by atoms with Gasteiger partial charge >= 0.3 is 0 Å². The molecule has 5 heteroatoms. The third kappa shape index (κ3) is 3.71. The fourth-order valence-electron chi connectivity index (χ4n) is 4.33. The second-order valence-electron chi connectivity index (χ2n) is 7.93. The first-order valence-electron chi connectivity index (χ1n) is 10.2. The van der Waals surface area contributed by atoms with Crippen LogP contribution in [0.25, 0.3) is 0 Å². The minimum absolute atomic E-state index is 0.183. The third-order valence-electron chi connectivity index (χ3n) is 5.91. The first-order chi connectivity index (χ1) is 13.5. The molecule has 0 bridgehead atoms. The third-order valence-corrected chi connectivity index (χ3v) is 5.91. The maximum absolute atomic E-state index is 14.7. The van der Waals surface area contributed by atoms with Crippen molar-refractivity contribution in [3.05, 3.63) is 58.9 Å². The SMILES string of the molecule is Cc1ccc(N2CCN(C(=O)c3ccc(N4CCCC4)cc3F)CC2)c(C)c1. The van der Waals surface area contributed by atoms with Gasteiger partial charge in [0.25, 0.3) is 5.91 Å². The summed E-state index contributed by atoms with van der Waals surface area (Å²) < 4.78 is 14.7. The molecule has 2 fully saturated rings. The Kier molecular flexibility index (Phi) is 5.25. The van der Waals surface area contributed by atoms with Crippen molar-refractivity contribution in [1.29, 1.82) is 0 Å². The molecular weight excluding hydrogens is 353 g/mol. The molecule has 0 unspecified atom stereocenters. The number of anilines is 2. The van der Waals surface area contributed by atoms with Crippen LogP contribution in [0, 0.1) is 19.7 Å². The van der Waals surface area contributed by atoms with Crippen LogP contribution in [-0.2, 0) is 0 Å². The average molecular weight is 381 g/mol. The van der Waals surface area contributed by atoms with Crippen LogP contribution in [0.1, 0.15) is 34.3 Å². The van der Waals surface area contributed by atoms with Crippen LogP contribution < -0.4 is 9.80 Å². The highest BCUT2D eigenvalue weighted by atomic mass is 19.1. The molecule has 0 atom stereocenters. The largest absolute Gasteiger partial charge is 0.371 e. The summed E-state index contributed by atoms with van der Waals surface area (Å²) in [6.07, 6.45) is 2.29. The zero-order valence-corrected chi connectivity index (χ0v) is 16.7. The Labute approximate surface area is 166 Å². The lowest BCUT2D eigenvalue weighted by Crippen LogP contribution is -2.49. The topological polar surface area (TPSA) is 26.8 Å². The van der Waals surface area contributed by atoms with Crippen molar-refractivity contribution < 1.29 is 9.18 Å². The molecule has 4 rings (SSSR count). The standard InChI is InChI=1S/C23H28FN3O/c1-17-5-8-22(18(2)15-17)26-11-13-27(14-12-26)23(28)20-7-6-19(16-21(20)24)25-9-3-4-10-25/h5-8,15-16H,3-4,9-14H2,1-2H3. The number of hydrogen-bond donors (Lipinski definition) is 0. The van der Waals surface area contributed by atoms with Crippen molar-refractivity contribution in [2.24, 2.45) is 0 Å². The molecule has 4 nitrogen and oxygen atoms in total. The quantitative estimate of drug-likeness (QED) is 0.804. The van der Waals surface area contributed by atoms with Gasteiger partial charge in [0.1, 0.15) is 5.82 Å². The molecular formula is C23H28FN3O. The highest BCUT2D eigenvalue weighted by Crippen LogP contribution is 2.25. The fourth-order valence-corrected chi connectivity index (χ4v) is 4.33. The van der Waals surface area contributed by atoms with Gasteiger partial charge in [0.05, 0.1) is 5.56 Å². The number of benzene rings is 2. The number of piperazine rings is 1. The lowest BCUT2D eigenvalue weighted by molar-refractivity contribution is 0.0742. The highest BCUT2D eigenvalue weighted by Gasteiger charge is 2.25. The summed E-state index contributed by atoms with van der Waals surface area (Å²) in [6.45, 7) is 8.90. The van der Waals surface area contributed by atoms with E-state index >= 15 is 0 Å². The number of carbonyl (C=O) groups is 1. The second kappa shape index (κ2) is 7.82. The van der Waals surface area contributed by atoms with Gasteiger partial charge in [-0.15, -0.1) is 0 Å². The van der Waals surface area contributed by atoms with Crippen molar-refractivity contribution in [2.75, 3.05) is 49.1 Å². The van der Waals surface area contributed by atoms with E-state index in [0.717, 1.165) is 44.7 Å². The summed E-state index contributed by atoms with van der Waals surface area (Å²) in [7, 11) is 0. The van der Waals surface area contributed by atoms with Crippen LogP contribution >= 0.6 is 0 Å². The maximum Gasteiger partial charge on any atom is 0.256 e. The molecule has 2 aromatic carbocycles. The Morgan fingerprint density at radius 3 is 2.21 bits per heavy atom. The predicted octanol–water partition coefficient (Wildman–Crippen LogP) is 4.01. The molecule has 28 heavy (non-hydrogen) atoms. The number of hydrogen-bond acceptors (Lipinski definition) is 3. The zero-order chi connectivity index (χ0) is 19.7. The highest BCUT2D eigenvalue weighted by molar-refractivity contribution is 5.95. The minimum atomic E-state index is -0.411. The maximum atomic E-state index is 14.7. The molecule has 2 aromatic rings. The van der Waals surface area contributed by atoms with E-state index in [1.54, 1.807) is 11.0 Å². The van der Waals surface area contributed by atoms with E-state index < -0.39 is 5.82 Å². The minimum Gasteiger partial charge on any atom is -0.371 e. The summed E-state index contributed by atoms with van der Waals surface area (Å²) in [6, 6.07) is 11.5. The number of nitrogens with zero attached hydrogens (tertiary/aromatic N) is 3. The number of aryl methyl sites for hydroxylation is 2. The lowest BCUT2D eigenvalue weighted by Gasteiger charge is -2.37. The van der Waals surface area contributed by atoms with Crippen LogP contribution in [0.5, 0.6) is 0 Å². The van der Waals surface area contributed by atoms with Gasteiger partial charge in [-0.1, -0.05) is 17.7 Å². The van der Waals surface area contributed by atoms with Gasteiger partial charge in [-0.25, -0.2) is 4.39 Å². The Hall–Kier alpha value is -2.56. The van der Waals surface area contributed by atoms with E-state index in [4.69, 9.17) is 0 Å². The Morgan fingerprint density at radius 2 is 1.57 bits per heavy atom. The molecule has 2 aliphatic heterocycles. The van der Waals surface area contributed by atoms with E-state index in [0.29, 0.717) is 13.1 Å². The molecule has 0 aliphatic carbocycles. The number of amides is 1. The predicted molar refractivity (Wildman–Crippen MR) is 112 cm³/mol. The Bertz CT molecular complexity index is 868. The van der Waals surface area contributed by atoms with Crippen molar-refractivity contribution in [3.8, 4) is 0 Å². The molecule has 0 saturated carbocycles. The van der Waals surface area contributed by atoms with E-state index in [-0.39, 0.29) is 11.5 Å². The number of carbonyl (C=O) groups excluding carboxylic acids is 1. The van der Waals surface area contributed by atoms with Gasteiger partial charge in [0, 0.05) is 50.6 Å². The normalized spacial score (nSPS) is 17.3. The van der Waals surface area contributed by atoms with Crippen LogP contribution in [0.4, 0.5) is 15.8 Å². The molecule has 2 saturated heterocycles. The molecule has 0 aromatic heterocycles. The summed E-state index contributed by atoms with van der Waals surface area (Å²) in [4.78, 5) is 19.1. The van der Waals surface area contributed by atoms with Gasteiger partial charge < -0.3 is 14.7 Å². The number of rotatable bonds is 3. The van der Waals surface area contributed by atoms with E-state index in [1.807, 2.05) is 6.07 Å². The molecule has 2 aliphatic rings. The molecule has 148 valence electrons. The van der Waals surface area contributed by atoms with Crippen molar-refractivity contribution in [2.45, 2.75) is 26.7 Å². The second-order valence-corrected chi connectivity index (χ2v) is 7.93. The van der Waals surface area contributed by atoms with Crippen molar-refractivity contribution >= 4 is 17.3 Å². The van der Waals surface area contributed by atoms with Crippen LogP contribution in [0.15, 0.2) is 36.4 Å². The smallest absolute Gasteiger partial charge is 0.256 e. The molecule has 1 amide bonds. The van der Waals surface area contributed by atoms with Gasteiger partial charge in [-0.2, -0.15) is 0 Å². The summed E-state index contributed by atoms with van der Waals surface area (Å²) in [5.74, 6) is -0.614. The van der Waals surface area contributed by atoms with Gasteiger partial charge in [-0.3, -0.25) is 4.79 Å². The van der Waals surface area contributed by atoms with Crippen LogP contribution in [0.3, 0.4) is 0 Å². The van der Waals surface area contributed by atoms with Crippen LogP contribution in [0.2, 0.25) is 0 Å².